The molecule has 0 aromatic heterocycles. The third-order valence-corrected chi connectivity index (χ3v) is 8.28. The predicted octanol–water partition coefficient (Wildman–Crippen LogP) is 3.81. The SMILES string of the molecule is C[C@H](N=C1NC(=O)C(C)(CC2CCN(S(C)(=O)=O)CC2)S1)c1ccccc1C(F)(F)F. The van der Waals surface area contributed by atoms with Gasteiger partial charge in [-0.05, 0) is 50.7 Å². The van der Waals surface area contributed by atoms with E-state index in [0.29, 0.717) is 37.5 Å². The number of halogens is 3. The van der Waals surface area contributed by atoms with Crippen molar-refractivity contribution in [3.63, 3.8) is 0 Å². The molecule has 1 amide bonds. The zero-order chi connectivity index (χ0) is 23.0. The topological polar surface area (TPSA) is 78.8 Å². The molecule has 11 heteroatoms. The van der Waals surface area contributed by atoms with Gasteiger partial charge in [-0.1, -0.05) is 30.0 Å². The Morgan fingerprint density at radius 1 is 1.29 bits per heavy atom. The zero-order valence-electron chi connectivity index (χ0n) is 17.6. The fraction of sp³-hybridized carbons (Fsp3) is 0.600. The second-order valence-corrected chi connectivity index (χ2v) is 11.8. The molecule has 172 valence electrons. The number of nitrogens with zero attached hydrogens (tertiary/aromatic N) is 2. The number of hydrogen-bond donors (Lipinski definition) is 1. The molecule has 0 spiro atoms. The first-order chi connectivity index (χ1) is 14.3. The number of sulfonamides is 1. The van der Waals surface area contributed by atoms with Crippen molar-refractivity contribution in [3.05, 3.63) is 35.4 Å². The highest BCUT2D eigenvalue weighted by Crippen LogP contribution is 2.41. The minimum Gasteiger partial charge on any atom is -0.304 e. The minimum absolute atomic E-state index is 0.0547. The van der Waals surface area contributed by atoms with Gasteiger partial charge in [-0.15, -0.1) is 0 Å². The molecular formula is C20H26F3N3O3S2. The van der Waals surface area contributed by atoms with Crippen LogP contribution >= 0.6 is 11.8 Å². The number of amides is 1. The summed E-state index contributed by atoms with van der Waals surface area (Å²) in [6.45, 7) is 4.23. The molecule has 0 radical (unpaired) electrons. The Labute approximate surface area is 184 Å². The lowest BCUT2D eigenvalue weighted by molar-refractivity contribution is -0.138. The van der Waals surface area contributed by atoms with E-state index in [-0.39, 0.29) is 17.4 Å². The molecule has 1 N–H and O–H groups in total. The van der Waals surface area contributed by atoms with E-state index in [9.17, 15) is 26.4 Å². The number of amidine groups is 1. The fourth-order valence-electron chi connectivity index (χ4n) is 4.07. The molecule has 2 aliphatic rings. The van der Waals surface area contributed by atoms with Crippen LogP contribution in [0.2, 0.25) is 0 Å². The molecule has 31 heavy (non-hydrogen) atoms. The molecule has 3 rings (SSSR count). The van der Waals surface area contributed by atoms with Crippen molar-refractivity contribution >= 4 is 32.9 Å². The van der Waals surface area contributed by atoms with Crippen LogP contribution in [0, 0.1) is 5.92 Å². The molecule has 1 unspecified atom stereocenters. The van der Waals surface area contributed by atoms with Crippen LogP contribution in [0.4, 0.5) is 13.2 Å². The number of carbonyl (C=O) groups is 1. The average Bonchev–Trinajstić information content (AvgIpc) is 2.93. The van der Waals surface area contributed by atoms with Gasteiger partial charge in [0.25, 0.3) is 0 Å². The van der Waals surface area contributed by atoms with Gasteiger partial charge in [0.15, 0.2) is 5.17 Å². The van der Waals surface area contributed by atoms with Gasteiger partial charge in [0, 0.05) is 13.1 Å². The first kappa shape index (κ1) is 24.1. The van der Waals surface area contributed by atoms with Crippen LogP contribution in [0.5, 0.6) is 0 Å². The Hall–Kier alpha value is -1.59. The molecule has 2 fully saturated rings. The predicted molar refractivity (Wildman–Crippen MR) is 115 cm³/mol. The quantitative estimate of drug-likeness (QED) is 0.700. The Morgan fingerprint density at radius 3 is 2.48 bits per heavy atom. The molecule has 2 heterocycles. The molecule has 2 aliphatic heterocycles. The number of alkyl halides is 3. The van der Waals surface area contributed by atoms with E-state index in [4.69, 9.17) is 0 Å². The van der Waals surface area contributed by atoms with Crippen LogP contribution < -0.4 is 5.32 Å². The van der Waals surface area contributed by atoms with Crippen LogP contribution in [0.3, 0.4) is 0 Å². The minimum atomic E-state index is -4.48. The first-order valence-corrected chi connectivity index (χ1v) is 12.7. The van der Waals surface area contributed by atoms with E-state index >= 15 is 0 Å². The third-order valence-electron chi connectivity index (χ3n) is 5.77. The number of thioether (sulfide) groups is 1. The van der Waals surface area contributed by atoms with Crippen molar-refractivity contribution in [2.75, 3.05) is 19.3 Å². The van der Waals surface area contributed by atoms with Crippen molar-refractivity contribution in [2.45, 2.75) is 50.1 Å². The van der Waals surface area contributed by atoms with Gasteiger partial charge in [-0.25, -0.2) is 12.7 Å². The summed E-state index contributed by atoms with van der Waals surface area (Å²) in [5.41, 5.74) is -0.680. The summed E-state index contributed by atoms with van der Waals surface area (Å²) in [6, 6.07) is 4.52. The number of piperidine rings is 1. The standard InChI is InChI=1S/C20H26F3N3O3S2/c1-13(15-6-4-5-7-16(15)20(21,22)23)24-18-25-17(27)19(2,30-18)12-14-8-10-26(11-9-14)31(3,28)29/h4-7,13-14H,8-12H2,1-3H3,(H,24,25,27)/t13-,19?/m0/s1. The van der Waals surface area contributed by atoms with Crippen molar-refractivity contribution in [1.82, 2.24) is 9.62 Å². The van der Waals surface area contributed by atoms with Gasteiger partial charge in [-0.3, -0.25) is 9.79 Å². The van der Waals surface area contributed by atoms with Gasteiger partial charge in [0.1, 0.15) is 0 Å². The van der Waals surface area contributed by atoms with E-state index in [1.165, 1.54) is 40.5 Å². The molecule has 6 nitrogen and oxygen atoms in total. The van der Waals surface area contributed by atoms with Crippen molar-refractivity contribution in [2.24, 2.45) is 10.9 Å². The van der Waals surface area contributed by atoms with Crippen LogP contribution in [0.25, 0.3) is 0 Å². The summed E-state index contributed by atoms with van der Waals surface area (Å²) in [5, 5.41) is 3.02. The van der Waals surface area contributed by atoms with Crippen molar-refractivity contribution in [1.29, 1.82) is 0 Å². The highest BCUT2D eigenvalue weighted by molar-refractivity contribution is 8.16. The van der Waals surface area contributed by atoms with E-state index in [0.717, 1.165) is 6.07 Å². The summed E-state index contributed by atoms with van der Waals surface area (Å²) in [7, 11) is -3.22. The molecule has 0 saturated carbocycles. The highest BCUT2D eigenvalue weighted by atomic mass is 32.2. The number of benzene rings is 1. The lowest BCUT2D eigenvalue weighted by Gasteiger charge is -2.33. The molecule has 2 saturated heterocycles. The molecular weight excluding hydrogens is 451 g/mol. The van der Waals surface area contributed by atoms with Crippen LogP contribution in [0.1, 0.15) is 50.3 Å². The number of aliphatic imine (C=N–C) groups is 1. The molecule has 0 aliphatic carbocycles. The van der Waals surface area contributed by atoms with Crippen LogP contribution in [0.15, 0.2) is 29.3 Å². The largest absolute Gasteiger partial charge is 0.416 e. The first-order valence-electron chi connectivity index (χ1n) is 9.99. The molecule has 2 atom stereocenters. The molecule has 1 aromatic carbocycles. The number of hydrogen-bond acceptors (Lipinski definition) is 5. The van der Waals surface area contributed by atoms with Crippen molar-refractivity contribution in [3.8, 4) is 0 Å². The lowest BCUT2D eigenvalue weighted by atomic mass is 9.87. The smallest absolute Gasteiger partial charge is 0.304 e. The number of rotatable bonds is 5. The van der Waals surface area contributed by atoms with Gasteiger partial charge >= 0.3 is 6.18 Å². The second kappa shape index (κ2) is 8.74. The normalized spacial score (nSPS) is 26.3. The van der Waals surface area contributed by atoms with E-state index in [1.54, 1.807) is 13.8 Å². The highest BCUT2D eigenvalue weighted by Gasteiger charge is 2.45. The number of carbonyl (C=O) groups excluding carboxylic acids is 1. The maximum Gasteiger partial charge on any atom is 0.416 e. The van der Waals surface area contributed by atoms with E-state index in [1.807, 2.05) is 0 Å². The van der Waals surface area contributed by atoms with E-state index < -0.39 is 32.6 Å². The third kappa shape index (κ3) is 5.61. The second-order valence-electron chi connectivity index (χ2n) is 8.29. The van der Waals surface area contributed by atoms with E-state index in [2.05, 4.69) is 10.3 Å². The summed E-state index contributed by atoms with van der Waals surface area (Å²) in [6.07, 6.45) is -1.41. The fourth-order valence-corrected chi connectivity index (χ4v) is 6.19. The summed E-state index contributed by atoms with van der Waals surface area (Å²) >= 11 is 1.23. The van der Waals surface area contributed by atoms with Gasteiger partial charge in [-0.2, -0.15) is 13.2 Å². The van der Waals surface area contributed by atoms with Gasteiger partial charge < -0.3 is 5.32 Å². The maximum atomic E-state index is 13.3. The lowest BCUT2D eigenvalue weighted by Crippen LogP contribution is -2.41. The summed E-state index contributed by atoms with van der Waals surface area (Å²) < 4.78 is 63.9. The van der Waals surface area contributed by atoms with Crippen LogP contribution in [-0.2, 0) is 21.0 Å². The van der Waals surface area contributed by atoms with Crippen molar-refractivity contribution < 1.29 is 26.4 Å². The number of nitrogens with one attached hydrogen (secondary N) is 1. The summed E-state index contributed by atoms with van der Waals surface area (Å²) in [5.74, 6) is -0.0397. The molecule has 0 bridgehead atoms. The average molecular weight is 478 g/mol. The van der Waals surface area contributed by atoms with Crippen LogP contribution in [-0.4, -0.2) is 47.9 Å². The van der Waals surface area contributed by atoms with Gasteiger partial charge in [0.05, 0.1) is 22.6 Å². The molecule has 1 aromatic rings. The Kier molecular flexibility index (Phi) is 6.79. The maximum absolute atomic E-state index is 13.3. The Morgan fingerprint density at radius 2 is 1.90 bits per heavy atom. The monoisotopic (exact) mass is 477 g/mol. The Bertz CT molecular complexity index is 973. The summed E-state index contributed by atoms with van der Waals surface area (Å²) in [4.78, 5) is 17.0. The van der Waals surface area contributed by atoms with Gasteiger partial charge in [0.2, 0.25) is 15.9 Å². The Balaban J connectivity index is 1.69. The zero-order valence-corrected chi connectivity index (χ0v) is 19.2.